The fourth-order valence-electron chi connectivity index (χ4n) is 2.45. The Balaban J connectivity index is 1.73. The van der Waals surface area contributed by atoms with Crippen LogP contribution in [0.15, 0.2) is 35.7 Å². The number of carbonyl (C=O) groups is 2. The van der Waals surface area contributed by atoms with Gasteiger partial charge in [-0.2, -0.15) is 0 Å². The number of aromatic nitrogens is 1. The van der Waals surface area contributed by atoms with Gasteiger partial charge in [-0.1, -0.05) is 30.3 Å². The maximum Gasteiger partial charge on any atom is 0.330 e. The molecule has 0 saturated carbocycles. The highest BCUT2D eigenvalue weighted by Crippen LogP contribution is 2.30. The second kappa shape index (κ2) is 6.89. The second-order valence-electron chi connectivity index (χ2n) is 5.23. The molecule has 0 spiro atoms. The number of benzene rings is 1. The molecule has 1 aromatic heterocycles. The molecular weight excluding hydrogens is 316 g/mol. The van der Waals surface area contributed by atoms with Crippen LogP contribution in [0.3, 0.4) is 0 Å². The first-order valence-electron chi connectivity index (χ1n) is 7.31. The third-order valence-corrected chi connectivity index (χ3v) is 4.55. The van der Waals surface area contributed by atoms with Gasteiger partial charge in [0.05, 0.1) is 0 Å². The lowest BCUT2D eigenvalue weighted by molar-refractivity contribution is -0.139. The number of thiazole rings is 1. The first-order chi connectivity index (χ1) is 11.1. The summed E-state index contributed by atoms with van der Waals surface area (Å²) in [6.45, 7) is 0.709. The highest BCUT2D eigenvalue weighted by molar-refractivity contribution is 7.09. The van der Waals surface area contributed by atoms with Gasteiger partial charge in [-0.25, -0.2) is 9.78 Å². The lowest BCUT2D eigenvalue weighted by atomic mass is 10.1. The van der Waals surface area contributed by atoms with Crippen LogP contribution in [0.2, 0.25) is 0 Å². The van der Waals surface area contributed by atoms with Gasteiger partial charge in [0.25, 0.3) is 5.91 Å². The van der Waals surface area contributed by atoms with Crippen molar-refractivity contribution in [3.63, 3.8) is 0 Å². The summed E-state index contributed by atoms with van der Waals surface area (Å²) in [6, 6.07) is 7.48. The van der Waals surface area contributed by atoms with Gasteiger partial charge in [-0.15, -0.1) is 11.3 Å². The van der Waals surface area contributed by atoms with Crippen molar-refractivity contribution >= 4 is 23.2 Å². The number of amides is 1. The van der Waals surface area contributed by atoms with Gasteiger partial charge >= 0.3 is 5.97 Å². The third-order valence-electron chi connectivity index (χ3n) is 3.61. The van der Waals surface area contributed by atoms with E-state index in [0.29, 0.717) is 12.2 Å². The van der Waals surface area contributed by atoms with E-state index in [1.165, 1.54) is 11.3 Å². The Labute approximate surface area is 137 Å². The largest absolute Gasteiger partial charge is 0.479 e. The lowest BCUT2D eigenvalue weighted by Gasteiger charge is -2.14. The maximum absolute atomic E-state index is 12.3. The number of carboxylic acid groups (broad SMARTS) is 1. The van der Waals surface area contributed by atoms with Crippen molar-refractivity contribution in [3.8, 4) is 0 Å². The van der Waals surface area contributed by atoms with E-state index in [0.717, 1.165) is 17.8 Å². The number of aliphatic carboxylic acids is 1. The highest BCUT2D eigenvalue weighted by Gasteiger charge is 2.26. The normalized spacial score (nSPS) is 18.5. The van der Waals surface area contributed by atoms with E-state index in [4.69, 9.17) is 4.74 Å². The van der Waals surface area contributed by atoms with Crippen LogP contribution in [-0.2, 0) is 9.53 Å². The molecule has 2 heterocycles. The zero-order chi connectivity index (χ0) is 16.2. The van der Waals surface area contributed by atoms with Crippen LogP contribution in [0.5, 0.6) is 0 Å². The standard InChI is InChI=1S/C16H16N2O4S/c19-14(11-9-23-15(17-11)12-7-4-8-22-12)18-13(16(20)21)10-5-2-1-3-6-10/h1-3,5-6,9,12-13H,4,7-8H2,(H,18,19)(H,20,21)/t12?,13-/m1/s1. The molecule has 3 rings (SSSR count). The Morgan fingerprint density at radius 3 is 2.78 bits per heavy atom. The van der Waals surface area contributed by atoms with Crippen LogP contribution in [-0.4, -0.2) is 28.6 Å². The summed E-state index contributed by atoms with van der Waals surface area (Å²) in [5, 5.41) is 14.3. The molecular formula is C16H16N2O4S. The van der Waals surface area contributed by atoms with Crippen molar-refractivity contribution in [2.75, 3.05) is 6.61 Å². The first-order valence-corrected chi connectivity index (χ1v) is 8.19. The zero-order valence-electron chi connectivity index (χ0n) is 12.3. The SMILES string of the molecule is O=C(N[C@@H](C(=O)O)c1ccccc1)c1csc(C2CCCO2)n1. The smallest absolute Gasteiger partial charge is 0.330 e. The molecule has 0 radical (unpaired) electrons. The zero-order valence-corrected chi connectivity index (χ0v) is 13.1. The van der Waals surface area contributed by atoms with Crippen molar-refractivity contribution in [2.24, 2.45) is 0 Å². The van der Waals surface area contributed by atoms with Crippen LogP contribution in [0.1, 0.15) is 46.0 Å². The first kappa shape index (κ1) is 15.6. The number of nitrogens with zero attached hydrogens (tertiary/aromatic N) is 1. The molecule has 1 aliphatic rings. The van der Waals surface area contributed by atoms with Crippen molar-refractivity contribution in [1.29, 1.82) is 0 Å². The predicted octanol–water partition coefficient (Wildman–Crippen LogP) is 2.55. The van der Waals surface area contributed by atoms with E-state index in [-0.39, 0.29) is 11.8 Å². The molecule has 7 heteroatoms. The van der Waals surface area contributed by atoms with E-state index < -0.39 is 17.9 Å². The van der Waals surface area contributed by atoms with Crippen molar-refractivity contribution < 1.29 is 19.4 Å². The van der Waals surface area contributed by atoms with Gasteiger partial charge in [0.1, 0.15) is 16.8 Å². The molecule has 2 N–H and O–H groups in total. The monoisotopic (exact) mass is 332 g/mol. The molecule has 1 fully saturated rings. The van der Waals surface area contributed by atoms with E-state index in [1.54, 1.807) is 35.7 Å². The molecule has 0 bridgehead atoms. The Kier molecular flexibility index (Phi) is 4.68. The number of ether oxygens (including phenoxy) is 1. The molecule has 1 aromatic carbocycles. The maximum atomic E-state index is 12.3. The molecule has 1 aliphatic heterocycles. The van der Waals surface area contributed by atoms with Crippen LogP contribution in [0, 0.1) is 0 Å². The number of carboxylic acids is 1. The van der Waals surface area contributed by atoms with E-state index in [1.807, 2.05) is 0 Å². The van der Waals surface area contributed by atoms with Crippen LogP contribution in [0.4, 0.5) is 0 Å². The average Bonchev–Trinajstić information content (AvgIpc) is 3.23. The number of hydrogen-bond acceptors (Lipinski definition) is 5. The van der Waals surface area contributed by atoms with E-state index in [2.05, 4.69) is 10.3 Å². The van der Waals surface area contributed by atoms with Crippen molar-refractivity contribution in [1.82, 2.24) is 10.3 Å². The van der Waals surface area contributed by atoms with E-state index in [9.17, 15) is 14.7 Å². The summed E-state index contributed by atoms with van der Waals surface area (Å²) >= 11 is 1.36. The van der Waals surface area contributed by atoms with E-state index >= 15 is 0 Å². The fraction of sp³-hybridized carbons (Fsp3) is 0.312. The summed E-state index contributed by atoms with van der Waals surface area (Å²) in [7, 11) is 0. The van der Waals surface area contributed by atoms with Crippen molar-refractivity contribution in [3.05, 3.63) is 52.0 Å². The number of rotatable bonds is 5. The van der Waals surface area contributed by atoms with Crippen LogP contribution >= 0.6 is 11.3 Å². The number of carbonyl (C=O) groups excluding carboxylic acids is 1. The third kappa shape index (κ3) is 3.57. The lowest BCUT2D eigenvalue weighted by Crippen LogP contribution is -2.33. The summed E-state index contributed by atoms with van der Waals surface area (Å²) < 4.78 is 5.54. The molecule has 2 aromatic rings. The van der Waals surface area contributed by atoms with Gasteiger partial charge < -0.3 is 15.2 Å². The minimum absolute atomic E-state index is 0.0501. The summed E-state index contributed by atoms with van der Waals surface area (Å²) in [4.78, 5) is 28.0. The topological polar surface area (TPSA) is 88.5 Å². The minimum atomic E-state index is -1.11. The van der Waals surface area contributed by atoms with Gasteiger partial charge in [-0.05, 0) is 18.4 Å². The van der Waals surface area contributed by atoms with Crippen LogP contribution in [0.25, 0.3) is 0 Å². The summed E-state index contributed by atoms with van der Waals surface area (Å²) in [6.07, 6.45) is 1.84. The second-order valence-corrected chi connectivity index (χ2v) is 6.12. The average molecular weight is 332 g/mol. The Bertz CT molecular complexity index is 695. The summed E-state index contributed by atoms with van der Waals surface area (Å²) in [5.41, 5.74) is 0.741. The van der Waals surface area contributed by atoms with Gasteiger partial charge in [0.15, 0.2) is 6.04 Å². The number of hydrogen-bond donors (Lipinski definition) is 2. The Morgan fingerprint density at radius 2 is 2.13 bits per heavy atom. The highest BCUT2D eigenvalue weighted by atomic mass is 32.1. The molecule has 1 saturated heterocycles. The Morgan fingerprint density at radius 1 is 1.35 bits per heavy atom. The molecule has 0 aliphatic carbocycles. The minimum Gasteiger partial charge on any atom is -0.479 e. The number of nitrogens with one attached hydrogen (secondary N) is 1. The quantitative estimate of drug-likeness (QED) is 0.878. The fourth-order valence-corrected chi connectivity index (χ4v) is 3.33. The summed E-state index contributed by atoms with van der Waals surface area (Å²) in [5.74, 6) is -1.61. The molecule has 2 atom stereocenters. The van der Waals surface area contributed by atoms with Gasteiger partial charge in [0, 0.05) is 12.0 Å². The Hall–Kier alpha value is -2.25. The predicted molar refractivity (Wildman–Crippen MR) is 84.3 cm³/mol. The molecule has 120 valence electrons. The van der Waals surface area contributed by atoms with Gasteiger partial charge in [-0.3, -0.25) is 4.79 Å². The van der Waals surface area contributed by atoms with Crippen LogP contribution < -0.4 is 5.32 Å². The van der Waals surface area contributed by atoms with Gasteiger partial charge in [0.2, 0.25) is 0 Å². The van der Waals surface area contributed by atoms with Crippen molar-refractivity contribution in [2.45, 2.75) is 25.0 Å². The molecule has 1 amide bonds. The molecule has 23 heavy (non-hydrogen) atoms. The molecule has 1 unspecified atom stereocenters. The molecule has 6 nitrogen and oxygen atoms in total.